The molecule has 2 N–H and O–H groups in total. The van der Waals surface area contributed by atoms with Crippen molar-refractivity contribution in [1.29, 1.82) is 0 Å². The van der Waals surface area contributed by atoms with Crippen LogP contribution >= 0.6 is 15.9 Å². The summed E-state index contributed by atoms with van der Waals surface area (Å²) in [5.41, 5.74) is 0.952. The van der Waals surface area contributed by atoms with E-state index in [1.807, 2.05) is 13.1 Å². The fourth-order valence-corrected chi connectivity index (χ4v) is 4.01. The summed E-state index contributed by atoms with van der Waals surface area (Å²) in [5, 5.41) is 3.02. The molecule has 0 unspecified atom stereocenters. The molecule has 106 valence electrons. The minimum absolute atomic E-state index is 0.316. The molecule has 0 amide bonds. The summed E-state index contributed by atoms with van der Waals surface area (Å²) >= 11 is 3.31. The van der Waals surface area contributed by atoms with Crippen molar-refractivity contribution in [3.8, 4) is 0 Å². The number of hydrogen-bond acceptors (Lipinski definition) is 3. The molecule has 0 aromatic heterocycles. The number of hydrogen-bond donors (Lipinski definition) is 2. The molecule has 4 nitrogen and oxygen atoms in total. The maximum Gasteiger partial charge on any atom is 0.241 e. The van der Waals surface area contributed by atoms with Crippen molar-refractivity contribution in [2.75, 3.05) is 13.6 Å². The van der Waals surface area contributed by atoms with Gasteiger partial charge < -0.3 is 5.32 Å². The van der Waals surface area contributed by atoms with E-state index in [1.54, 1.807) is 12.1 Å². The van der Waals surface area contributed by atoms with Crippen molar-refractivity contribution in [1.82, 2.24) is 10.0 Å². The molecule has 0 atom stereocenters. The zero-order valence-corrected chi connectivity index (χ0v) is 13.4. The first kappa shape index (κ1) is 15.0. The van der Waals surface area contributed by atoms with E-state index in [2.05, 4.69) is 26.0 Å². The van der Waals surface area contributed by atoms with Crippen LogP contribution in [0.5, 0.6) is 0 Å². The molecule has 0 saturated heterocycles. The first-order valence-electron chi connectivity index (χ1n) is 6.45. The van der Waals surface area contributed by atoms with Gasteiger partial charge in [0.2, 0.25) is 10.0 Å². The molecule has 1 aromatic carbocycles. The van der Waals surface area contributed by atoms with Crippen LogP contribution in [0.25, 0.3) is 0 Å². The number of halogens is 1. The summed E-state index contributed by atoms with van der Waals surface area (Å²) in [4.78, 5) is 0.316. The fraction of sp³-hybridized carbons (Fsp3) is 0.538. The van der Waals surface area contributed by atoms with Crippen LogP contribution in [0.3, 0.4) is 0 Å². The quantitative estimate of drug-likeness (QED) is 0.795. The van der Waals surface area contributed by atoms with Gasteiger partial charge in [0.25, 0.3) is 0 Å². The highest BCUT2D eigenvalue weighted by atomic mass is 79.9. The van der Waals surface area contributed by atoms with Crippen LogP contribution < -0.4 is 10.0 Å². The van der Waals surface area contributed by atoms with E-state index in [-0.39, 0.29) is 0 Å². The molecule has 0 radical (unpaired) electrons. The smallest absolute Gasteiger partial charge is 0.241 e. The molecule has 0 spiro atoms. The second-order valence-electron chi connectivity index (χ2n) is 4.92. The van der Waals surface area contributed by atoms with E-state index in [1.165, 1.54) is 12.8 Å². The zero-order valence-electron chi connectivity index (χ0n) is 10.9. The number of rotatable bonds is 7. The number of sulfonamides is 1. The Kier molecular flexibility index (Phi) is 5.00. The van der Waals surface area contributed by atoms with Gasteiger partial charge in [-0.2, -0.15) is 0 Å². The van der Waals surface area contributed by atoms with Crippen LogP contribution in [0.4, 0.5) is 0 Å². The number of nitrogens with one attached hydrogen (secondary N) is 2. The highest BCUT2D eigenvalue weighted by Gasteiger charge is 2.23. The predicted octanol–water partition coefficient (Wildman–Crippen LogP) is 2.25. The maximum atomic E-state index is 12.2. The van der Waals surface area contributed by atoms with Crippen molar-refractivity contribution >= 4 is 26.0 Å². The average molecular weight is 347 g/mol. The second kappa shape index (κ2) is 6.35. The molecular formula is C13H19BrN2O2S. The summed E-state index contributed by atoms with van der Waals surface area (Å²) < 4.78 is 27.8. The molecule has 1 aliphatic rings. The van der Waals surface area contributed by atoms with Gasteiger partial charge in [0.05, 0.1) is 4.90 Å². The van der Waals surface area contributed by atoms with E-state index in [0.717, 1.165) is 17.9 Å². The van der Waals surface area contributed by atoms with Crippen molar-refractivity contribution in [3.05, 3.63) is 28.2 Å². The van der Waals surface area contributed by atoms with Crippen molar-refractivity contribution < 1.29 is 8.42 Å². The lowest BCUT2D eigenvalue weighted by Crippen LogP contribution is -2.25. The van der Waals surface area contributed by atoms with Gasteiger partial charge in [0.15, 0.2) is 0 Å². The van der Waals surface area contributed by atoms with Crippen LogP contribution in [-0.2, 0) is 16.6 Å². The van der Waals surface area contributed by atoms with Crippen LogP contribution in [0, 0.1) is 5.92 Å². The van der Waals surface area contributed by atoms with Crippen molar-refractivity contribution in [2.45, 2.75) is 30.7 Å². The lowest BCUT2D eigenvalue weighted by molar-refractivity contribution is 0.574. The molecule has 1 aromatic rings. The Balaban J connectivity index is 2.10. The monoisotopic (exact) mass is 346 g/mol. The van der Waals surface area contributed by atoms with Gasteiger partial charge in [0.1, 0.15) is 0 Å². The normalized spacial score (nSPS) is 15.7. The van der Waals surface area contributed by atoms with Gasteiger partial charge in [-0.25, -0.2) is 13.1 Å². The molecule has 0 heterocycles. The first-order chi connectivity index (χ1) is 9.03. The Labute approximate surface area is 123 Å². The van der Waals surface area contributed by atoms with E-state index in [0.29, 0.717) is 22.5 Å². The Morgan fingerprint density at radius 2 is 2.11 bits per heavy atom. The molecule has 2 rings (SSSR count). The van der Waals surface area contributed by atoms with Gasteiger partial charge in [-0.1, -0.05) is 18.9 Å². The standard InChI is InChI=1S/C13H19BrN2O2S/c1-15-9-11-4-5-12(14)13(8-11)19(17,18)16-7-6-10-2-3-10/h4-5,8,10,15-16H,2-3,6-7,9H2,1H3. The van der Waals surface area contributed by atoms with Gasteiger partial charge in [0, 0.05) is 17.6 Å². The van der Waals surface area contributed by atoms with E-state index in [4.69, 9.17) is 0 Å². The SMILES string of the molecule is CNCc1ccc(Br)c(S(=O)(=O)NCCC2CC2)c1. The third-order valence-corrected chi connectivity index (χ3v) is 5.66. The summed E-state index contributed by atoms with van der Waals surface area (Å²) in [6, 6.07) is 5.39. The Morgan fingerprint density at radius 1 is 1.37 bits per heavy atom. The van der Waals surface area contributed by atoms with E-state index >= 15 is 0 Å². The lowest BCUT2D eigenvalue weighted by atomic mass is 10.2. The zero-order chi connectivity index (χ0) is 13.9. The van der Waals surface area contributed by atoms with Crippen LogP contribution in [0.1, 0.15) is 24.8 Å². The Bertz CT molecular complexity index is 542. The Morgan fingerprint density at radius 3 is 2.74 bits per heavy atom. The van der Waals surface area contributed by atoms with Gasteiger partial charge in [-0.15, -0.1) is 0 Å². The molecule has 1 aliphatic carbocycles. The lowest BCUT2D eigenvalue weighted by Gasteiger charge is -2.10. The average Bonchev–Trinajstić information content (AvgIpc) is 3.15. The van der Waals surface area contributed by atoms with E-state index in [9.17, 15) is 8.42 Å². The van der Waals surface area contributed by atoms with Crippen molar-refractivity contribution in [3.63, 3.8) is 0 Å². The number of benzene rings is 1. The summed E-state index contributed by atoms with van der Waals surface area (Å²) in [6.45, 7) is 1.17. The van der Waals surface area contributed by atoms with Gasteiger partial charge >= 0.3 is 0 Å². The first-order valence-corrected chi connectivity index (χ1v) is 8.73. The third-order valence-electron chi connectivity index (χ3n) is 3.21. The van der Waals surface area contributed by atoms with Gasteiger partial charge in [-0.3, -0.25) is 0 Å². The van der Waals surface area contributed by atoms with Crippen LogP contribution in [0.2, 0.25) is 0 Å². The molecular weight excluding hydrogens is 328 g/mol. The van der Waals surface area contributed by atoms with E-state index < -0.39 is 10.0 Å². The maximum absolute atomic E-state index is 12.2. The van der Waals surface area contributed by atoms with Crippen LogP contribution in [0.15, 0.2) is 27.6 Å². The summed E-state index contributed by atoms with van der Waals surface area (Å²) in [6.07, 6.45) is 3.42. The van der Waals surface area contributed by atoms with Crippen LogP contribution in [-0.4, -0.2) is 22.0 Å². The molecule has 0 bridgehead atoms. The predicted molar refractivity (Wildman–Crippen MR) is 79.4 cm³/mol. The second-order valence-corrected chi connectivity index (χ2v) is 7.51. The molecule has 1 saturated carbocycles. The largest absolute Gasteiger partial charge is 0.316 e. The minimum atomic E-state index is -3.42. The Hall–Kier alpha value is -0.430. The molecule has 0 aliphatic heterocycles. The third kappa shape index (κ3) is 4.27. The van der Waals surface area contributed by atoms with Gasteiger partial charge in [-0.05, 0) is 53.0 Å². The summed E-state index contributed by atoms with van der Waals surface area (Å²) in [5.74, 6) is 0.724. The summed E-state index contributed by atoms with van der Waals surface area (Å²) in [7, 11) is -1.59. The van der Waals surface area contributed by atoms with Crippen molar-refractivity contribution in [2.24, 2.45) is 5.92 Å². The topological polar surface area (TPSA) is 58.2 Å². The molecule has 19 heavy (non-hydrogen) atoms. The minimum Gasteiger partial charge on any atom is -0.316 e. The highest BCUT2D eigenvalue weighted by Crippen LogP contribution is 2.32. The fourth-order valence-electron chi connectivity index (χ4n) is 1.95. The molecule has 6 heteroatoms. The highest BCUT2D eigenvalue weighted by molar-refractivity contribution is 9.10. The molecule has 1 fully saturated rings.